The molecule has 2 amide bonds. The average Bonchev–Trinajstić information content (AvgIpc) is 3.62. The summed E-state index contributed by atoms with van der Waals surface area (Å²) in [6, 6.07) is 42.8. The number of hydrogen-bond donors (Lipinski definition) is 0. The van der Waals surface area contributed by atoms with Crippen LogP contribution in [0.25, 0.3) is 21.5 Å². The average molecular weight is 600 g/mol. The number of imide groups is 1. The van der Waals surface area contributed by atoms with Crippen LogP contribution in [0.3, 0.4) is 0 Å². The number of hydrogen-bond acceptors (Lipinski definition) is 4. The molecule has 1 saturated carbocycles. The zero-order chi connectivity index (χ0) is 31.2. The van der Waals surface area contributed by atoms with Crippen LogP contribution in [0.1, 0.15) is 29.2 Å². The molecule has 2 bridgehead atoms. The summed E-state index contributed by atoms with van der Waals surface area (Å²) in [6.45, 7) is 2.25. The summed E-state index contributed by atoms with van der Waals surface area (Å²) in [6.07, 6.45) is 0. The van der Waals surface area contributed by atoms with E-state index in [0.29, 0.717) is 18.0 Å². The Morgan fingerprint density at radius 1 is 0.543 bits per heavy atom. The lowest BCUT2D eigenvalue weighted by molar-refractivity contribution is -0.130. The molecule has 1 heterocycles. The van der Waals surface area contributed by atoms with E-state index < -0.39 is 22.7 Å². The summed E-state index contributed by atoms with van der Waals surface area (Å²) in [5.41, 5.74) is 0.742. The molecule has 0 aromatic heterocycles. The smallest absolute Gasteiger partial charge is 0.239 e. The van der Waals surface area contributed by atoms with Crippen molar-refractivity contribution in [2.45, 2.75) is 17.8 Å². The molecular formula is C41H29NO4. The molecular weight excluding hydrogens is 570 g/mol. The fourth-order valence-corrected chi connectivity index (χ4v) is 9.10. The van der Waals surface area contributed by atoms with E-state index in [2.05, 4.69) is 24.3 Å². The van der Waals surface area contributed by atoms with E-state index in [4.69, 9.17) is 4.74 Å². The van der Waals surface area contributed by atoms with Gasteiger partial charge in [-0.25, -0.2) is 4.90 Å². The van der Waals surface area contributed by atoms with Crippen LogP contribution >= 0.6 is 0 Å². The van der Waals surface area contributed by atoms with Gasteiger partial charge < -0.3 is 4.74 Å². The minimum absolute atomic E-state index is 0.108. The molecule has 1 aliphatic heterocycles. The number of carbonyl (C=O) groups is 3. The number of Topliss-reactive ketones (excluding diaryl/α,β-unsaturated/α-hetero) is 1. The molecule has 0 radical (unpaired) electrons. The SMILES string of the molecule is CCOc1ccccc1N1C(=O)[C@@H]2[C@H](C1=O)[C@@]1(c3ccccc3)C(=O)[C@]2(c2ccccc2)c2c1c1ccccc1c1ccccc21. The van der Waals surface area contributed by atoms with Gasteiger partial charge in [0.1, 0.15) is 5.75 Å². The molecule has 6 aromatic carbocycles. The van der Waals surface area contributed by atoms with Gasteiger partial charge in [-0.05, 0) is 62.9 Å². The molecule has 5 heteroatoms. The quantitative estimate of drug-likeness (QED) is 0.153. The van der Waals surface area contributed by atoms with Gasteiger partial charge in [0.05, 0.1) is 35.0 Å². The number of rotatable bonds is 5. The highest BCUT2D eigenvalue weighted by Gasteiger charge is 2.82. The lowest BCUT2D eigenvalue weighted by Gasteiger charge is -2.38. The summed E-state index contributed by atoms with van der Waals surface area (Å²) in [5, 5.41) is 3.89. The summed E-state index contributed by atoms with van der Waals surface area (Å²) in [7, 11) is 0. The number of nitrogens with zero attached hydrogens (tertiary/aromatic N) is 1. The fraction of sp³-hybridized carbons (Fsp3) is 0.146. The Hall–Kier alpha value is -5.55. The predicted molar refractivity (Wildman–Crippen MR) is 178 cm³/mol. The van der Waals surface area contributed by atoms with Crippen molar-refractivity contribution in [3.05, 3.63) is 156 Å². The summed E-state index contributed by atoms with van der Waals surface area (Å²) in [5.74, 6) is -2.31. The van der Waals surface area contributed by atoms with E-state index in [1.54, 1.807) is 12.1 Å². The molecule has 9 rings (SSSR count). The lowest BCUT2D eigenvalue weighted by Crippen LogP contribution is -2.45. The second-order valence-corrected chi connectivity index (χ2v) is 12.4. The topological polar surface area (TPSA) is 63.7 Å². The maximum atomic E-state index is 15.9. The Bertz CT molecular complexity index is 2130. The second kappa shape index (κ2) is 9.48. The zero-order valence-corrected chi connectivity index (χ0v) is 25.1. The highest BCUT2D eigenvalue weighted by atomic mass is 16.5. The van der Waals surface area contributed by atoms with E-state index in [9.17, 15) is 0 Å². The zero-order valence-electron chi connectivity index (χ0n) is 25.1. The van der Waals surface area contributed by atoms with Gasteiger partial charge in [0.2, 0.25) is 11.8 Å². The Kier molecular flexibility index (Phi) is 5.52. The third-order valence-corrected chi connectivity index (χ3v) is 10.5. The van der Waals surface area contributed by atoms with Crippen molar-refractivity contribution in [2.75, 3.05) is 11.5 Å². The third kappa shape index (κ3) is 2.98. The second-order valence-electron chi connectivity index (χ2n) is 12.4. The van der Waals surface area contributed by atoms with Crippen molar-refractivity contribution < 1.29 is 19.1 Å². The normalized spacial score (nSPS) is 24.5. The molecule has 1 saturated heterocycles. The van der Waals surface area contributed by atoms with Crippen molar-refractivity contribution in [1.82, 2.24) is 0 Å². The van der Waals surface area contributed by atoms with E-state index in [0.717, 1.165) is 43.8 Å². The first-order valence-corrected chi connectivity index (χ1v) is 15.8. The molecule has 5 nitrogen and oxygen atoms in total. The van der Waals surface area contributed by atoms with Crippen LogP contribution in [0.4, 0.5) is 5.69 Å². The van der Waals surface area contributed by atoms with Crippen LogP contribution in [0, 0.1) is 11.8 Å². The first-order valence-electron chi connectivity index (χ1n) is 15.8. The van der Waals surface area contributed by atoms with Gasteiger partial charge >= 0.3 is 0 Å². The summed E-state index contributed by atoms with van der Waals surface area (Å²) < 4.78 is 5.94. The number of benzene rings is 6. The van der Waals surface area contributed by atoms with Crippen molar-refractivity contribution in [2.24, 2.45) is 11.8 Å². The number of ketones is 1. The van der Waals surface area contributed by atoms with Crippen LogP contribution < -0.4 is 9.64 Å². The molecule has 2 aliphatic carbocycles. The number of para-hydroxylation sites is 2. The Morgan fingerprint density at radius 2 is 0.957 bits per heavy atom. The van der Waals surface area contributed by atoms with Gasteiger partial charge in [-0.2, -0.15) is 0 Å². The van der Waals surface area contributed by atoms with Gasteiger partial charge in [-0.3, -0.25) is 14.4 Å². The predicted octanol–water partition coefficient (Wildman–Crippen LogP) is 7.37. The molecule has 6 aromatic rings. The molecule has 0 spiro atoms. The van der Waals surface area contributed by atoms with Crippen LogP contribution in [0.15, 0.2) is 133 Å². The number of fused-ring (bicyclic) bond motifs is 13. The molecule has 4 atom stereocenters. The highest BCUT2D eigenvalue weighted by molar-refractivity contribution is 6.34. The number of ether oxygens (including phenoxy) is 1. The molecule has 3 aliphatic rings. The third-order valence-electron chi connectivity index (χ3n) is 10.5. The van der Waals surface area contributed by atoms with Crippen molar-refractivity contribution in [1.29, 1.82) is 0 Å². The van der Waals surface area contributed by atoms with Crippen LogP contribution in [-0.2, 0) is 25.2 Å². The van der Waals surface area contributed by atoms with Gasteiger partial charge in [0.25, 0.3) is 0 Å². The van der Waals surface area contributed by atoms with Crippen molar-refractivity contribution in [3.8, 4) is 5.75 Å². The van der Waals surface area contributed by atoms with Crippen molar-refractivity contribution >= 4 is 44.8 Å². The highest BCUT2D eigenvalue weighted by Crippen LogP contribution is 2.72. The van der Waals surface area contributed by atoms with Crippen molar-refractivity contribution in [3.63, 3.8) is 0 Å². The molecule has 222 valence electrons. The monoisotopic (exact) mass is 599 g/mol. The maximum absolute atomic E-state index is 15.9. The lowest BCUT2D eigenvalue weighted by atomic mass is 9.59. The molecule has 0 unspecified atom stereocenters. The fourth-order valence-electron chi connectivity index (χ4n) is 9.10. The Labute approximate surface area is 266 Å². The largest absolute Gasteiger partial charge is 0.492 e. The first kappa shape index (κ1) is 26.8. The van der Waals surface area contributed by atoms with E-state index in [1.165, 1.54) is 4.90 Å². The number of amides is 2. The van der Waals surface area contributed by atoms with Crippen LogP contribution in [0.2, 0.25) is 0 Å². The van der Waals surface area contributed by atoms with Gasteiger partial charge in [0, 0.05) is 0 Å². The molecule has 46 heavy (non-hydrogen) atoms. The Morgan fingerprint density at radius 3 is 1.43 bits per heavy atom. The summed E-state index contributed by atoms with van der Waals surface area (Å²) in [4.78, 5) is 47.5. The van der Waals surface area contributed by atoms with Crippen LogP contribution in [-0.4, -0.2) is 24.2 Å². The van der Waals surface area contributed by atoms with E-state index in [1.807, 2.05) is 104 Å². The standard InChI is InChI=1S/C41H29NO4/c1-2-46-32-24-14-13-23-31(32)42-37(43)35-36(38(42)44)41(26-17-7-4-8-18-26)34-30-22-12-10-20-28(30)27-19-9-11-21-29(27)33(34)40(35,39(41)45)25-15-5-3-6-16-25/h3-24,35-36H,2H2,1H3/t35-,36+,40+,41-. The summed E-state index contributed by atoms with van der Waals surface area (Å²) >= 11 is 0. The van der Waals surface area contributed by atoms with E-state index in [-0.39, 0.29) is 17.6 Å². The first-order chi connectivity index (χ1) is 22.6. The molecule has 0 N–H and O–H groups in total. The van der Waals surface area contributed by atoms with Gasteiger partial charge in [-0.1, -0.05) is 121 Å². The number of anilines is 1. The minimum atomic E-state index is -1.40. The maximum Gasteiger partial charge on any atom is 0.239 e. The molecule has 2 fully saturated rings. The van der Waals surface area contributed by atoms with E-state index >= 15 is 14.4 Å². The Balaban J connectivity index is 1.49. The minimum Gasteiger partial charge on any atom is -0.492 e. The van der Waals surface area contributed by atoms with Gasteiger partial charge in [-0.15, -0.1) is 0 Å². The van der Waals surface area contributed by atoms with Gasteiger partial charge in [0.15, 0.2) is 5.78 Å². The van der Waals surface area contributed by atoms with Crippen LogP contribution in [0.5, 0.6) is 5.75 Å². The number of carbonyl (C=O) groups excluding carboxylic acids is 3.